The van der Waals surface area contributed by atoms with Gasteiger partial charge in [-0.15, -0.1) is 0 Å². The fourth-order valence-corrected chi connectivity index (χ4v) is 3.28. The van der Waals surface area contributed by atoms with Gasteiger partial charge < -0.3 is 5.32 Å². The van der Waals surface area contributed by atoms with Gasteiger partial charge in [0.15, 0.2) is 0 Å². The molecule has 0 amide bonds. The summed E-state index contributed by atoms with van der Waals surface area (Å²) < 4.78 is 0. The second kappa shape index (κ2) is 5.58. The van der Waals surface area contributed by atoms with Crippen molar-refractivity contribution in [3.05, 3.63) is 23.9 Å². The number of anilines is 1. The van der Waals surface area contributed by atoms with E-state index in [4.69, 9.17) is 0 Å². The molecule has 0 aliphatic heterocycles. The van der Waals surface area contributed by atoms with Gasteiger partial charge in [-0.2, -0.15) is 11.8 Å². The van der Waals surface area contributed by atoms with Gasteiger partial charge in [0.2, 0.25) is 0 Å². The van der Waals surface area contributed by atoms with Gasteiger partial charge in [0.05, 0.1) is 0 Å². The number of nitrogens with one attached hydrogen (secondary N) is 1. The van der Waals surface area contributed by atoms with Crippen molar-refractivity contribution in [1.29, 1.82) is 0 Å². The summed E-state index contributed by atoms with van der Waals surface area (Å²) in [6.07, 6.45) is 9.44. The summed E-state index contributed by atoms with van der Waals surface area (Å²) in [5, 5.41) is 4.34. The summed E-state index contributed by atoms with van der Waals surface area (Å²) in [6, 6.07) is 4.77. The van der Waals surface area contributed by atoms with Crippen molar-refractivity contribution in [2.24, 2.45) is 0 Å². The maximum Gasteiger partial charge on any atom is 0.126 e. The highest BCUT2D eigenvalue weighted by molar-refractivity contribution is 7.99. The number of hydrogen-bond donors (Lipinski definition) is 1. The van der Waals surface area contributed by atoms with Crippen molar-refractivity contribution >= 4 is 17.6 Å². The molecule has 2 rings (SSSR count). The maximum atomic E-state index is 4.38. The molecule has 0 bridgehead atoms. The summed E-state index contributed by atoms with van der Waals surface area (Å²) in [5.41, 5.74) is 1.27. The Morgan fingerprint density at radius 3 is 2.94 bits per heavy atom. The van der Waals surface area contributed by atoms with E-state index in [1.165, 1.54) is 31.2 Å². The zero-order valence-electron chi connectivity index (χ0n) is 10.1. The molecule has 16 heavy (non-hydrogen) atoms. The van der Waals surface area contributed by atoms with Crippen LogP contribution in [-0.2, 0) is 0 Å². The first-order chi connectivity index (χ1) is 7.79. The van der Waals surface area contributed by atoms with E-state index in [0.29, 0.717) is 6.04 Å². The van der Waals surface area contributed by atoms with Gasteiger partial charge in [-0.1, -0.05) is 12.8 Å². The van der Waals surface area contributed by atoms with E-state index in [1.807, 2.05) is 24.0 Å². The quantitative estimate of drug-likeness (QED) is 0.869. The van der Waals surface area contributed by atoms with Gasteiger partial charge in [-0.25, -0.2) is 4.98 Å². The number of pyridine rings is 1. The molecule has 3 heteroatoms. The topological polar surface area (TPSA) is 24.9 Å². The number of rotatable bonds is 3. The fourth-order valence-electron chi connectivity index (χ4n) is 2.35. The van der Waals surface area contributed by atoms with E-state index in [9.17, 15) is 0 Å². The zero-order valence-corrected chi connectivity index (χ0v) is 10.9. The van der Waals surface area contributed by atoms with Gasteiger partial charge in [0.25, 0.3) is 0 Å². The van der Waals surface area contributed by atoms with Crippen LogP contribution in [0.25, 0.3) is 0 Å². The number of aryl methyl sites for hydroxylation is 1. The van der Waals surface area contributed by atoms with Crippen LogP contribution in [0.15, 0.2) is 18.3 Å². The van der Waals surface area contributed by atoms with Gasteiger partial charge >= 0.3 is 0 Å². The van der Waals surface area contributed by atoms with Crippen LogP contribution in [0.3, 0.4) is 0 Å². The van der Waals surface area contributed by atoms with Gasteiger partial charge in [-0.05, 0) is 43.7 Å². The molecule has 0 aromatic carbocycles. The molecule has 1 aromatic heterocycles. The van der Waals surface area contributed by atoms with E-state index >= 15 is 0 Å². The van der Waals surface area contributed by atoms with E-state index < -0.39 is 0 Å². The van der Waals surface area contributed by atoms with Crippen molar-refractivity contribution in [1.82, 2.24) is 4.98 Å². The van der Waals surface area contributed by atoms with Crippen LogP contribution in [0, 0.1) is 6.92 Å². The normalized spacial score (nSPS) is 25.4. The minimum atomic E-state index is 0.595. The predicted molar refractivity (Wildman–Crippen MR) is 72.2 cm³/mol. The molecular formula is C13H20N2S. The Morgan fingerprint density at radius 1 is 1.38 bits per heavy atom. The number of thioether (sulfide) groups is 1. The highest BCUT2D eigenvalue weighted by atomic mass is 32.2. The molecule has 2 atom stereocenters. The molecule has 2 unspecified atom stereocenters. The lowest BCUT2D eigenvalue weighted by molar-refractivity contribution is 0.474. The molecule has 0 spiro atoms. The Hall–Kier alpha value is -0.700. The summed E-state index contributed by atoms with van der Waals surface area (Å²) >= 11 is 1.99. The zero-order chi connectivity index (χ0) is 11.4. The third kappa shape index (κ3) is 2.91. The lowest BCUT2D eigenvalue weighted by atomic mass is 9.95. The van der Waals surface area contributed by atoms with Gasteiger partial charge in [0.1, 0.15) is 5.82 Å². The van der Waals surface area contributed by atoms with Crippen LogP contribution >= 0.6 is 11.8 Å². The van der Waals surface area contributed by atoms with Crippen LogP contribution in [0.4, 0.5) is 5.82 Å². The Labute approximate surface area is 102 Å². The maximum absolute atomic E-state index is 4.38. The first-order valence-electron chi connectivity index (χ1n) is 6.01. The molecule has 1 heterocycles. The average Bonchev–Trinajstić information content (AvgIpc) is 2.30. The largest absolute Gasteiger partial charge is 0.366 e. The van der Waals surface area contributed by atoms with Gasteiger partial charge in [-0.3, -0.25) is 0 Å². The summed E-state index contributed by atoms with van der Waals surface area (Å²) in [6.45, 7) is 2.11. The lowest BCUT2D eigenvalue weighted by Gasteiger charge is -2.31. The summed E-state index contributed by atoms with van der Waals surface area (Å²) in [5.74, 6) is 1.03. The molecule has 1 aliphatic carbocycles. The fraction of sp³-hybridized carbons (Fsp3) is 0.615. The number of nitrogens with zero attached hydrogens (tertiary/aromatic N) is 1. The Kier molecular flexibility index (Phi) is 4.10. The van der Waals surface area contributed by atoms with E-state index in [1.54, 1.807) is 0 Å². The summed E-state index contributed by atoms with van der Waals surface area (Å²) in [4.78, 5) is 4.38. The van der Waals surface area contributed by atoms with Gasteiger partial charge in [0, 0.05) is 17.5 Å². The number of aromatic nitrogens is 1. The van der Waals surface area contributed by atoms with Crippen LogP contribution in [-0.4, -0.2) is 22.5 Å². The first-order valence-corrected chi connectivity index (χ1v) is 7.30. The highest BCUT2D eigenvalue weighted by Gasteiger charge is 2.24. The molecule has 0 saturated heterocycles. The first kappa shape index (κ1) is 11.8. The molecule has 1 aliphatic rings. The monoisotopic (exact) mass is 236 g/mol. The molecule has 2 nitrogen and oxygen atoms in total. The number of hydrogen-bond acceptors (Lipinski definition) is 3. The van der Waals surface area contributed by atoms with Crippen molar-refractivity contribution in [2.45, 2.75) is 43.9 Å². The molecule has 1 N–H and O–H groups in total. The Morgan fingerprint density at radius 2 is 2.19 bits per heavy atom. The van der Waals surface area contributed by atoms with Crippen LogP contribution in [0.1, 0.15) is 31.2 Å². The molecular weight excluding hydrogens is 216 g/mol. The lowest BCUT2D eigenvalue weighted by Crippen LogP contribution is -2.34. The van der Waals surface area contributed by atoms with Crippen molar-refractivity contribution in [3.8, 4) is 0 Å². The van der Waals surface area contributed by atoms with Crippen molar-refractivity contribution < 1.29 is 0 Å². The Balaban J connectivity index is 2.02. The molecule has 1 saturated carbocycles. The minimum absolute atomic E-state index is 0.595. The highest BCUT2D eigenvalue weighted by Crippen LogP contribution is 2.29. The van der Waals surface area contributed by atoms with E-state index in [2.05, 4.69) is 29.5 Å². The van der Waals surface area contributed by atoms with Crippen LogP contribution < -0.4 is 5.32 Å². The standard InChI is InChI=1S/C13H20N2S/c1-10-7-8-14-13(9-10)15-11-5-3-4-6-12(11)16-2/h7-9,11-12H,3-6H2,1-2H3,(H,14,15). The summed E-state index contributed by atoms with van der Waals surface area (Å²) in [7, 11) is 0. The third-order valence-corrected chi connectivity index (χ3v) is 4.42. The molecule has 0 radical (unpaired) electrons. The van der Waals surface area contributed by atoms with E-state index in [0.717, 1.165) is 11.1 Å². The van der Waals surface area contributed by atoms with Crippen molar-refractivity contribution in [3.63, 3.8) is 0 Å². The third-order valence-electron chi connectivity index (χ3n) is 3.25. The van der Waals surface area contributed by atoms with Crippen molar-refractivity contribution in [2.75, 3.05) is 11.6 Å². The molecule has 1 aromatic rings. The SMILES string of the molecule is CSC1CCCCC1Nc1cc(C)ccn1. The van der Waals surface area contributed by atoms with E-state index in [-0.39, 0.29) is 0 Å². The second-order valence-electron chi connectivity index (χ2n) is 4.53. The second-order valence-corrected chi connectivity index (χ2v) is 5.60. The molecule has 1 fully saturated rings. The Bertz CT molecular complexity index is 340. The van der Waals surface area contributed by atoms with Crippen LogP contribution in [0.5, 0.6) is 0 Å². The average molecular weight is 236 g/mol. The minimum Gasteiger partial charge on any atom is -0.366 e. The van der Waals surface area contributed by atoms with Crippen LogP contribution in [0.2, 0.25) is 0 Å². The molecule has 88 valence electrons. The predicted octanol–water partition coefficient (Wildman–Crippen LogP) is 3.48. The smallest absolute Gasteiger partial charge is 0.126 e.